The predicted octanol–water partition coefficient (Wildman–Crippen LogP) is 2.60. The molecular weight excluding hydrogens is 170 g/mol. The number of nitrogens with one attached hydrogen (secondary N) is 1. The van der Waals surface area contributed by atoms with E-state index in [1.807, 2.05) is 0 Å². The smallest absolute Gasteiger partial charge is 0.0195 e. The van der Waals surface area contributed by atoms with Crippen molar-refractivity contribution < 1.29 is 0 Å². The average molecular weight is 190 g/mol. The maximum atomic E-state index is 3.44. The highest BCUT2D eigenvalue weighted by atomic mass is 35.5. The van der Waals surface area contributed by atoms with Crippen LogP contribution in [0.25, 0.3) is 0 Å². The molecule has 0 radical (unpaired) electrons. The molecule has 0 saturated heterocycles. The van der Waals surface area contributed by atoms with Crippen LogP contribution < -0.4 is 5.32 Å². The second-order valence-corrected chi connectivity index (χ2v) is 5.59. The van der Waals surface area contributed by atoms with Gasteiger partial charge < -0.3 is 5.32 Å². The Bertz CT molecular complexity index is 173. The molecule has 3 aliphatic carbocycles. The van der Waals surface area contributed by atoms with Gasteiger partial charge in [0.05, 0.1) is 0 Å². The van der Waals surface area contributed by atoms with E-state index in [1.165, 1.54) is 19.3 Å². The van der Waals surface area contributed by atoms with Crippen LogP contribution in [0.2, 0.25) is 0 Å². The van der Waals surface area contributed by atoms with Crippen molar-refractivity contribution in [3.63, 3.8) is 0 Å². The summed E-state index contributed by atoms with van der Waals surface area (Å²) in [4.78, 5) is 0. The predicted molar refractivity (Wildman–Crippen MR) is 54.8 cm³/mol. The molecule has 0 unspecified atom stereocenters. The fraction of sp³-hybridized carbons (Fsp3) is 1.00. The molecule has 0 aromatic carbocycles. The van der Waals surface area contributed by atoms with Crippen LogP contribution in [0.15, 0.2) is 0 Å². The van der Waals surface area contributed by atoms with Gasteiger partial charge in [-0.05, 0) is 37.1 Å². The summed E-state index contributed by atoms with van der Waals surface area (Å²) in [5.74, 6) is 0. The van der Waals surface area contributed by atoms with Crippen molar-refractivity contribution in [2.24, 2.45) is 10.8 Å². The molecule has 1 N–H and O–H groups in total. The lowest BCUT2D eigenvalue weighted by Crippen LogP contribution is -2.76. The van der Waals surface area contributed by atoms with Crippen molar-refractivity contribution in [1.82, 2.24) is 5.32 Å². The van der Waals surface area contributed by atoms with Gasteiger partial charge in [0.15, 0.2) is 0 Å². The normalized spacial score (nSPS) is 44.0. The number of hydrogen-bond acceptors (Lipinski definition) is 1. The van der Waals surface area contributed by atoms with Gasteiger partial charge in [-0.3, -0.25) is 0 Å². The monoisotopic (exact) mass is 189 g/mol. The first-order valence-electron chi connectivity index (χ1n) is 4.62. The summed E-state index contributed by atoms with van der Waals surface area (Å²) in [6.45, 7) is 7.14. The number of hydrogen-bond donors (Lipinski definition) is 1. The molecule has 0 aromatic rings. The Labute approximate surface area is 81.7 Å². The van der Waals surface area contributed by atoms with Crippen molar-refractivity contribution in [3.05, 3.63) is 0 Å². The molecule has 0 aromatic heterocycles. The minimum absolute atomic E-state index is 0. The topological polar surface area (TPSA) is 12.0 Å². The summed E-state index contributed by atoms with van der Waals surface area (Å²) in [5, 5.41) is 3.44. The summed E-state index contributed by atoms with van der Waals surface area (Å²) in [5.41, 5.74) is 1.81. The first kappa shape index (κ1) is 10.3. The van der Waals surface area contributed by atoms with Crippen LogP contribution in [0.5, 0.6) is 0 Å². The maximum absolute atomic E-state index is 3.44. The fourth-order valence-electron chi connectivity index (χ4n) is 2.85. The van der Waals surface area contributed by atoms with Gasteiger partial charge in [-0.1, -0.05) is 20.8 Å². The zero-order chi connectivity index (χ0) is 8.33. The molecule has 2 bridgehead atoms. The molecule has 3 fully saturated rings. The van der Waals surface area contributed by atoms with Crippen molar-refractivity contribution in [1.29, 1.82) is 0 Å². The molecule has 2 heteroatoms. The van der Waals surface area contributed by atoms with Crippen LogP contribution in [0.4, 0.5) is 0 Å². The van der Waals surface area contributed by atoms with E-state index in [9.17, 15) is 0 Å². The second-order valence-electron chi connectivity index (χ2n) is 5.59. The van der Waals surface area contributed by atoms with Gasteiger partial charge in [-0.15, -0.1) is 12.4 Å². The summed E-state index contributed by atoms with van der Waals surface area (Å²) in [7, 11) is 2.10. The molecular formula is C10H20ClN. The van der Waals surface area contributed by atoms with E-state index in [0.717, 1.165) is 0 Å². The molecule has 0 spiro atoms. The van der Waals surface area contributed by atoms with Crippen molar-refractivity contribution in [2.75, 3.05) is 7.05 Å². The molecule has 3 saturated carbocycles. The molecule has 0 aliphatic heterocycles. The van der Waals surface area contributed by atoms with Gasteiger partial charge in [-0.2, -0.15) is 0 Å². The summed E-state index contributed by atoms with van der Waals surface area (Å²) in [6.07, 6.45) is 4.25. The standard InChI is InChI=1S/C10H19N.ClH/c1-8(2,3)9-5-10(6-9,7-9)11-4;/h11H,5-7H2,1-4H3;1H. The summed E-state index contributed by atoms with van der Waals surface area (Å²) < 4.78 is 0. The van der Waals surface area contributed by atoms with E-state index in [2.05, 4.69) is 33.1 Å². The van der Waals surface area contributed by atoms with Crippen LogP contribution in [0, 0.1) is 10.8 Å². The number of rotatable bonds is 1. The SMILES string of the molecule is CNC12CC(C(C)(C)C)(C1)C2.Cl. The van der Waals surface area contributed by atoms with E-state index in [1.54, 1.807) is 0 Å². The molecule has 3 aliphatic rings. The van der Waals surface area contributed by atoms with Crippen LogP contribution in [0.1, 0.15) is 40.0 Å². The highest BCUT2D eigenvalue weighted by Gasteiger charge is 2.70. The van der Waals surface area contributed by atoms with Crippen LogP contribution in [-0.2, 0) is 0 Å². The van der Waals surface area contributed by atoms with Crippen molar-refractivity contribution >= 4 is 12.4 Å². The van der Waals surface area contributed by atoms with E-state index in [4.69, 9.17) is 0 Å². The lowest BCUT2D eigenvalue weighted by molar-refractivity contribution is -0.214. The molecule has 12 heavy (non-hydrogen) atoms. The minimum atomic E-state index is 0. The third-order valence-corrected chi connectivity index (χ3v) is 4.15. The van der Waals surface area contributed by atoms with Crippen molar-refractivity contribution in [2.45, 2.75) is 45.6 Å². The summed E-state index contributed by atoms with van der Waals surface area (Å²) >= 11 is 0. The Morgan fingerprint density at radius 1 is 1.08 bits per heavy atom. The van der Waals surface area contributed by atoms with Gasteiger partial charge in [0.25, 0.3) is 0 Å². The Morgan fingerprint density at radius 2 is 1.50 bits per heavy atom. The molecule has 1 nitrogen and oxygen atoms in total. The van der Waals surface area contributed by atoms with Gasteiger partial charge in [-0.25, -0.2) is 0 Å². The van der Waals surface area contributed by atoms with E-state index in [0.29, 0.717) is 16.4 Å². The van der Waals surface area contributed by atoms with E-state index >= 15 is 0 Å². The average Bonchev–Trinajstić information content (AvgIpc) is 1.53. The van der Waals surface area contributed by atoms with Crippen LogP contribution in [-0.4, -0.2) is 12.6 Å². The molecule has 3 rings (SSSR count). The van der Waals surface area contributed by atoms with Crippen LogP contribution in [0.3, 0.4) is 0 Å². The second kappa shape index (κ2) is 2.39. The lowest BCUT2D eigenvalue weighted by Gasteiger charge is -2.75. The highest BCUT2D eigenvalue weighted by molar-refractivity contribution is 5.85. The Morgan fingerprint density at radius 3 is 1.75 bits per heavy atom. The first-order valence-corrected chi connectivity index (χ1v) is 4.62. The van der Waals surface area contributed by atoms with Gasteiger partial charge >= 0.3 is 0 Å². The number of halogens is 1. The van der Waals surface area contributed by atoms with Crippen molar-refractivity contribution in [3.8, 4) is 0 Å². The Balaban J connectivity index is 0.000000720. The zero-order valence-electron chi connectivity index (χ0n) is 8.53. The fourth-order valence-corrected chi connectivity index (χ4v) is 2.85. The molecule has 0 atom stereocenters. The zero-order valence-corrected chi connectivity index (χ0v) is 9.35. The Hall–Kier alpha value is 0.250. The Kier molecular flexibility index (Phi) is 2.06. The van der Waals surface area contributed by atoms with Gasteiger partial charge in [0, 0.05) is 5.54 Å². The highest BCUT2D eigenvalue weighted by Crippen LogP contribution is 2.73. The van der Waals surface area contributed by atoms with Gasteiger partial charge in [0.1, 0.15) is 0 Å². The van der Waals surface area contributed by atoms with Gasteiger partial charge in [0.2, 0.25) is 0 Å². The largest absolute Gasteiger partial charge is 0.314 e. The lowest BCUT2D eigenvalue weighted by atomic mass is 9.33. The van der Waals surface area contributed by atoms with E-state index in [-0.39, 0.29) is 12.4 Å². The minimum Gasteiger partial charge on any atom is -0.314 e. The molecule has 72 valence electrons. The van der Waals surface area contributed by atoms with E-state index < -0.39 is 0 Å². The molecule has 0 heterocycles. The summed E-state index contributed by atoms with van der Waals surface area (Å²) in [6, 6.07) is 0. The maximum Gasteiger partial charge on any atom is 0.0195 e. The first-order chi connectivity index (χ1) is 4.93. The molecule has 0 amide bonds. The quantitative estimate of drug-likeness (QED) is 0.669. The third-order valence-electron chi connectivity index (χ3n) is 4.15. The van der Waals surface area contributed by atoms with Crippen LogP contribution >= 0.6 is 12.4 Å². The third kappa shape index (κ3) is 0.958.